The van der Waals surface area contributed by atoms with E-state index >= 15 is 0 Å². The van der Waals surface area contributed by atoms with Gasteiger partial charge in [0.05, 0.1) is 6.42 Å². The Balaban J connectivity index is 1.91. The number of likely N-dealkylation sites (tertiary alicyclic amines) is 1. The molecule has 1 atom stereocenters. The van der Waals surface area contributed by atoms with Crippen LogP contribution >= 0.6 is 0 Å². The van der Waals surface area contributed by atoms with Crippen LogP contribution in [0, 0.1) is 0 Å². The van der Waals surface area contributed by atoms with Crippen molar-refractivity contribution in [1.29, 1.82) is 0 Å². The topological polar surface area (TPSA) is 29.5 Å². The molecule has 0 N–H and O–H groups in total. The molecule has 0 aromatic heterocycles. The molecule has 1 heterocycles. The summed E-state index contributed by atoms with van der Waals surface area (Å²) >= 11 is 0. The molecular formula is C17H25NO2. The van der Waals surface area contributed by atoms with Gasteiger partial charge in [0.25, 0.3) is 0 Å². The lowest BCUT2D eigenvalue weighted by Gasteiger charge is -2.36. The van der Waals surface area contributed by atoms with Gasteiger partial charge < -0.3 is 9.64 Å². The van der Waals surface area contributed by atoms with Gasteiger partial charge in [-0.2, -0.15) is 0 Å². The Morgan fingerprint density at radius 3 is 2.85 bits per heavy atom. The molecule has 110 valence electrons. The number of benzene rings is 1. The monoisotopic (exact) mass is 275 g/mol. The minimum atomic E-state index is 0.276. The first-order chi connectivity index (χ1) is 9.81. The van der Waals surface area contributed by atoms with Crippen molar-refractivity contribution < 1.29 is 9.53 Å². The minimum Gasteiger partial charge on any atom is -0.385 e. The highest BCUT2D eigenvalue weighted by atomic mass is 16.5. The van der Waals surface area contributed by atoms with Crippen molar-refractivity contribution in [3.8, 4) is 0 Å². The van der Waals surface area contributed by atoms with E-state index in [4.69, 9.17) is 4.74 Å². The fraction of sp³-hybridized carbons (Fsp3) is 0.588. The lowest BCUT2D eigenvalue weighted by molar-refractivity contribution is -0.134. The molecule has 0 bridgehead atoms. The summed E-state index contributed by atoms with van der Waals surface area (Å²) in [6.45, 7) is 1.71. The van der Waals surface area contributed by atoms with E-state index in [9.17, 15) is 4.79 Å². The standard InChI is InChI=1S/C17H25NO2/c1-20-13-7-11-16-10-5-6-12-18(16)17(19)14-15-8-3-2-4-9-15/h2-4,8-9,16H,5-7,10-14H2,1H3. The van der Waals surface area contributed by atoms with Crippen molar-refractivity contribution >= 4 is 5.91 Å². The van der Waals surface area contributed by atoms with E-state index in [1.54, 1.807) is 7.11 Å². The summed E-state index contributed by atoms with van der Waals surface area (Å²) in [4.78, 5) is 14.6. The van der Waals surface area contributed by atoms with Gasteiger partial charge in [-0.1, -0.05) is 30.3 Å². The maximum Gasteiger partial charge on any atom is 0.227 e. The lowest BCUT2D eigenvalue weighted by atomic mass is 9.97. The van der Waals surface area contributed by atoms with Crippen LogP contribution < -0.4 is 0 Å². The van der Waals surface area contributed by atoms with Gasteiger partial charge in [-0.05, 0) is 37.7 Å². The average molecular weight is 275 g/mol. The first-order valence-electron chi connectivity index (χ1n) is 7.63. The quantitative estimate of drug-likeness (QED) is 0.747. The van der Waals surface area contributed by atoms with Crippen molar-refractivity contribution in [3.63, 3.8) is 0 Å². The second kappa shape index (κ2) is 8.05. The van der Waals surface area contributed by atoms with E-state index in [-0.39, 0.29) is 5.91 Å². The van der Waals surface area contributed by atoms with E-state index in [1.807, 2.05) is 30.3 Å². The number of methoxy groups -OCH3 is 1. The number of ether oxygens (including phenoxy) is 1. The van der Waals surface area contributed by atoms with Crippen molar-refractivity contribution in [2.75, 3.05) is 20.3 Å². The number of hydrogen-bond acceptors (Lipinski definition) is 2. The van der Waals surface area contributed by atoms with Crippen LogP contribution in [0.3, 0.4) is 0 Å². The molecule has 2 rings (SSSR count). The number of carbonyl (C=O) groups excluding carboxylic acids is 1. The number of piperidine rings is 1. The van der Waals surface area contributed by atoms with Gasteiger partial charge in [0.1, 0.15) is 0 Å². The largest absolute Gasteiger partial charge is 0.385 e. The Morgan fingerprint density at radius 1 is 1.30 bits per heavy atom. The minimum absolute atomic E-state index is 0.276. The van der Waals surface area contributed by atoms with Crippen LogP contribution in [0.1, 0.15) is 37.7 Å². The molecule has 3 heteroatoms. The van der Waals surface area contributed by atoms with Crippen LogP contribution in [0.25, 0.3) is 0 Å². The van der Waals surface area contributed by atoms with Crippen molar-refractivity contribution in [2.24, 2.45) is 0 Å². The molecule has 20 heavy (non-hydrogen) atoms. The zero-order valence-electron chi connectivity index (χ0n) is 12.4. The second-order valence-electron chi connectivity index (χ2n) is 5.53. The summed E-state index contributed by atoms with van der Waals surface area (Å²) in [6, 6.07) is 10.4. The fourth-order valence-corrected chi connectivity index (χ4v) is 2.96. The van der Waals surface area contributed by atoms with Crippen LogP contribution in [-0.2, 0) is 16.0 Å². The van der Waals surface area contributed by atoms with Crippen molar-refractivity contribution in [3.05, 3.63) is 35.9 Å². The summed E-state index contributed by atoms with van der Waals surface area (Å²) in [7, 11) is 1.74. The Labute approximate surface area is 121 Å². The fourth-order valence-electron chi connectivity index (χ4n) is 2.96. The first kappa shape index (κ1) is 15.0. The number of carbonyl (C=O) groups is 1. The maximum absolute atomic E-state index is 12.5. The van der Waals surface area contributed by atoms with Crippen LogP contribution in [0.15, 0.2) is 30.3 Å². The van der Waals surface area contributed by atoms with E-state index in [2.05, 4.69) is 4.90 Å². The molecule has 1 aromatic rings. The van der Waals surface area contributed by atoms with Gasteiger partial charge in [-0.15, -0.1) is 0 Å². The predicted octanol–water partition coefficient (Wildman–Crippen LogP) is 3.04. The third-order valence-electron chi connectivity index (χ3n) is 4.03. The second-order valence-corrected chi connectivity index (χ2v) is 5.53. The number of amides is 1. The molecular weight excluding hydrogens is 250 g/mol. The highest BCUT2D eigenvalue weighted by Crippen LogP contribution is 2.22. The van der Waals surface area contributed by atoms with E-state index in [0.29, 0.717) is 12.5 Å². The summed E-state index contributed by atoms with van der Waals surface area (Å²) < 4.78 is 5.12. The highest BCUT2D eigenvalue weighted by Gasteiger charge is 2.25. The Hall–Kier alpha value is -1.35. The smallest absolute Gasteiger partial charge is 0.227 e. The molecule has 1 unspecified atom stereocenters. The molecule has 1 aliphatic rings. The van der Waals surface area contributed by atoms with E-state index < -0.39 is 0 Å². The summed E-state index contributed by atoms with van der Waals surface area (Å²) in [5, 5.41) is 0. The third kappa shape index (κ3) is 4.34. The maximum atomic E-state index is 12.5. The molecule has 1 saturated heterocycles. The molecule has 1 aromatic carbocycles. The van der Waals surface area contributed by atoms with Crippen LogP contribution in [0.4, 0.5) is 0 Å². The summed E-state index contributed by atoms with van der Waals surface area (Å²) in [5.74, 6) is 0.276. The summed E-state index contributed by atoms with van der Waals surface area (Å²) in [5.41, 5.74) is 1.11. The molecule has 1 fully saturated rings. The van der Waals surface area contributed by atoms with Gasteiger partial charge in [-0.25, -0.2) is 0 Å². The lowest BCUT2D eigenvalue weighted by Crippen LogP contribution is -2.44. The average Bonchev–Trinajstić information content (AvgIpc) is 2.49. The van der Waals surface area contributed by atoms with Gasteiger partial charge >= 0.3 is 0 Å². The molecule has 1 aliphatic heterocycles. The zero-order valence-corrected chi connectivity index (χ0v) is 12.4. The van der Waals surface area contributed by atoms with Gasteiger partial charge in [0.2, 0.25) is 5.91 Å². The first-order valence-corrected chi connectivity index (χ1v) is 7.63. The van der Waals surface area contributed by atoms with Gasteiger partial charge in [0, 0.05) is 26.3 Å². The van der Waals surface area contributed by atoms with Crippen LogP contribution in [0.5, 0.6) is 0 Å². The number of hydrogen-bond donors (Lipinski definition) is 0. The van der Waals surface area contributed by atoms with Crippen LogP contribution in [0.2, 0.25) is 0 Å². The molecule has 0 saturated carbocycles. The highest BCUT2D eigenvalue weighted by molar-refractivity contribution is 5.79. The SMILES string of the molecule is COCCCC1CCCCN1C(=O)Cc1ccccc1. The Kier molecular flexibility index (Phi) is 6.06. The normalized spacial score (nSPS) is 19.1. The number of nitrogens with zero attached hydrogens (tertiary/aromatic N) is 1. The zero-order chi connectivity index (χ0) is 14.2. The molecule has 3 nitrogen and oxygen atoms in total. The molecule has 0 aliphatic carbocycles. The number of rotatable bonds is 6. The Morgan fingerprint density at radius 2 is 2.10 bits per heavy atom. The van der Waals surface area contributed by atoms with Gasteiger partial charge in [-0.3, -0.25) is 4.79 Å². The summed E-state index contributed by atoms with van der Waals surface area (Å²) in [6.07, 6.45) is 6.16. The van der Waals surface area contributed by atoms with Crippen molar-refractivity contribution in [1.82, 2.24) is 4.90 Å². The molecule has 0 radical (unpaired) electrons. The predicted molar refractivity (Wildman–Crippen MR) is 80.6 cm³/mol. The molecule has 0 spiro atoms. The molecule has 1 amide bonds. The van der Waals surface area contributed by atoms with Crippen molar-refractivity contribution in [2.45, 2.75) is 44.6 Å². The van der Waals surface area contributed by atoms with E-state index in [0.717, 1.165) is 44.4 Å². The van der Waals surface area contributed by atoms with E-state index in [1.165, 1.54) is 6.42 Å². The third-order valence-corrected chi connectivity index (χ3v) is 4.03. The van der Waals surface area contributed by atoms with Crippen LogP contribution in [-0.4, -0.2) is 37.1 Å². The Bertz CT molecular complexity index is 405. The van der Waals surface area contributed by atoms with Gasteiger partial charge in [0.15, 0.2) is 0 Å².